The highest BCUT2D eigenvalue weighted by atomic mass is 19.1. The van der Waals surface area contributed by atoms with Crippen molar-refractivity contribution in [1.82, 2.24) is 0 Å². The lowest BCUT2D eigenvalue weighted by Gasteiger charge is -2.39. The van der Waals surface area contributed by atoms with Gasteiger partial charge in [-0.05, 0) is 30.5 Å². The minimum atomic E-state index is -0.520. The Bertz CT molecular complexity index is 354. The Hall–Kier alpha value is -1.38. The summed E-state index contributed by atoms with van der Waals surface area (Å²) in [4.78, 5) is 11.3. The highest BCUT2D eigenvalue weighted by Gasteiger charge is 2.43. The second-order valence-electron chi connectivity index (χ2n) is 3.81. The van der Waals surface area contributed by atoms with E-state index in [1.807, 2.05) is 0 Å². The first-order valence-corrected chi connectivity index (χ1v) is 4.71. The molecule has 0 unspecified atom stereocenters. The number of hydrogen-bond acceptors (Lipinski definition) is 1. The van der Waals surface area contributed by atoms with Gasteiger partial charge in [0.05, 0.1) is 5.41 Å². The van der Waals surface area contributed by atoms with Crippen LogP contribution < -0.4 is 5.73 Å². The van der Waals surface area contributed by atoms with E-state index >= 15 is 0 Å². The largest absolute Gasteiger partial charge is 0.369 e. The first-order valence-electron chi connectivity index (χ1n) is 4.71. The minimum Gasteiger partial charge on any atom is -0.369 e. The average Bonchev–Trinajstić information content (AvgIpc) is 2.05. The van der Waals surface area contributed by atoms with Crippen LogP contribution in [-0.4, -0.2) is 5.91 Å². The van der Waals surface area contributed by atoms with E-state index in [2.05, 4.69) is 0 Å². The van der Waals surface area contributed by atoms with E-state index in [-0.39, 0.29) is 11.7 Å². The lowest BCUT2D eigenvalue weighted by molar-refractivity contribution is -0.126. The lowest BCUT2D eigenvalue weighted by Crippen LogP contribution is -2.46. The van der Waals surface area contributed by atoms with Crippen molar-refractivity contribution >= 4 is 5.91 Å². The number of benzene rings is 1. The lowest BCUT2D eigenvalue weighted by atomic mass is 9.64. The van der Waals surface area contributed by atoms with Gasteiger partial charge in [0.25, 0.3) is 0 Å². The Labute approximate surface area is 81.9 Å². The highest BCUT2D eigenvalue weighted by Crippen LogP contribution is 2.43. The van der Waals surface area contributed by atoms with E-state index in [1.54, 1.807) is 12.1 Å². The van der Waals surface area contributed by atoms with Crippen LogP contribution in [0.25, 0.3) is 0 Å². The van der Waals surface area contributed by atoms with Crippen LogP contribution in [0.15, 0.2) is 24.3 Å². The Morgan fingerprint density at radius 3 is 2.21 bits per heavy atom. The maximum absolute atomic E-state index is 12.7. The highest BCUT2D eigenvalue weighted by molar-refractivity contribution is 5.87. The van der Waals surface area contributed by atoms with Gasteiger partial charge in [-0.25, -0.2) is 4.39 Å². The molecule has 14 heavy (non-hydrogen) atoms. The van der Waals surface area contributed by atoms with Gasteiger partial charge in [0.2, 0.25) is 5.91 Å². The number of halogens is 1. The number of carbonyl (C=O) groups is 1. The third-order valence-electron chi connectivity index (χ3n) is 3.08. The quantitative estimate of drug-likeness (QED) is 0.763. The summed E-state index contributed by atoms with van der Waals surface area (Å²) in [5.74, 6) is -0.581. The predicted octanol–water partition coefficient (Wildman–Crippen LogP) is 1.73. The monoisotopic (exact) mass is 193 g/mol. The molecule has 1 aliphatic rings. The summed E-state index contributed by atoms with van der Waals surface area (Å²) in [5, 5.41) is 0. The summed E-state index contributed by atoms with van der Waals surface area (Å²) < 4.78 is 12.7. The molecule has 0 saturated heterocycles. The van der Waals surface area contributed by atoms with E-state index in [0.717, 1.165) is 24.8 Å². The summed E-state index contributed by atoms with van der Waals surface area (Å²) in [7, 11) is 0. The molecule has 1 aliphatic carbocycles. The third-order valence-corrected chi connectivity index (χ3v) is 3.08. The van der Waals surface area contributed by atoms with Crippen molar-refractivity contribution in [2.75, 3.05) is 0 Å². The van der Waals surface area contributed by atoms with E-state index in [0.29, 0.717) is 0 Å². The molecule has 1 aromatic rings. The molecule has 1 aromatic carbocycles. The Kier molecular flexibility index (Phi) is 2.02. The standard InChI is InChI=1S/C11H12FNO/c12-9-4-2-8(3-5-9)11(10(13)14)6-1-7-11/h2-5H,1,6-7H2,(H2,13,14). The van der Waals surface area contributed by atoms with Crippen LogP contribution in [-0.2, 0) is 10.2 Å². The van der Waals surface area contributed by atoms with Crippen LogP contribution in [0.5, 0.6) is 0 Å². The number of hydrogen-bond donors (Lipinski definition) is 1. The molecule has 0 atom stereocenters. The number of amides is 1. The van der Waals surface area contributed by atoms with Gasteiger partial charge in [-0.15, -0.1) is 0 Å². The fraction of sp³-hybridized carbons (Fsp3) is 0.364. The van der Waals surface area contributed by atoms with Crippen molar-refractivity contribution in [1.29, 1.82) is 0 Å². The number of rotatable bonds is 2. The molecule has 0 radical (unpaired) electrons. The fourth-order valence-electron chi connectivity index (χ4n) is 1.98. The molecule has 0 bridgehead atoms. The summed E-state index contributed by atoms with van der Waals surface area (Å²) in [6.07, 6.45) is 2.59. The first kappa shape index (κ1) is 9.19. The second kappa shape index (κ2) is 3.08. The smallest absolute Gasteiger partial charge is 0.228 e. The van der Waals surface area contributed by atoms with Gasteiger partial charge in [-0.1, -0.05) is 18.6 Å². The first-order chi connectivity index (χ1) is 6.65. The molecule has 74 valence electrons. The van der Waals surface area contributed by atoms with Gasteiger partial charge in [0, 0.05) is 0 Å². The third kappa shape index (κ3) is 1.20. The molecule has 1 fully saturated rings. The maximum Gasteiger partial charge on any atom is 0.228 e. The molecule has 3 heteroatoms. The zero-order valence-corrected chi connectivity index (χ0v) is 7.79. The summed E-state index contributed by atoms with van der Waals surface area (Å²) >= 11 is 0. The van der Waals surface area contributed by atoms with Gasteiger partial charge >= 0.3 is 0 Å². The topological polar surface area (TPSA) is 43.1 Å². The average molecular weight is 193 g/mol. The second-order valence-corrected chi connectivity index (χ2v) is 3.81. The molecule has 2 rings (SSSR count). The molecular formula is C11H12FNO. The SMILES string of the molecule is NC(=O)C1(c2ccc(F)cc2)CCC1. The Balaban J connectivity index is 2.37. The van der Waals surface area contributed by atoms with Gasteiger partial charge in [0.1, 0.15) is 5.82 Å². The zero-order chi connectivity index (χ0) is 10.2. The minimum absolute atomic E-state index is 0.285. The summed E-state index contributed by atoms with van der Waals surface area (Å²) in [6.45, 7) is 0. The normalized spacial score (nSPS) is 18.6. The molecule has 0 heterocycles. The van der Waals surface area contributed by atoms with Crippen LogP contribution in [0.3, 0.4) is 0 Å². The summed E-state index contributed by atoms with van der Waals surface area (Å²) in [6, 6.07) is 6.05. The Morgan fingerprint density at radius 1 is 1.29 bits per heavy atom. The van der Waals surface area contributed by atoms with Crippen molar-refractivity contribution in [3.05, 3.63) is 35.6 Å². The number of primary amides is 1. The predicted molar refractivity (Wildman–Crippen MR) is 51.1 cm³/mol. The van der Waals surface area contributed by atoms with Crippen LogP contribution in [0, 0.1) is 5.82 Å². The van der Waals surface area contributed by atoms with Crippen LogP contribution >= 0.6 is 0 Å². The van der Waals surface area contributed by atoms with Crippen LogP contribution in [0.2, 0.25) is 0 Å². The van der Waals surface area contributed by atoms with Crippen molar-refractivity contribution < 1.29 is 9.18 Å². The van der Waals surface area contributed by atoms with E-state index in [4.69, 9.17) is 5.73 Å². The molecule has 0 aliphatic heterocycles. The summed E-state index contributed by atoms with van der Waals surface area (Å²) in [5.41, 5.74) is 5.70. The van der Waals surface area contributed by atoms with E-state index < -0.39 is 5.41 Å². The molecule has 1 saturated carbocycles. The van der Waals surface area contributed by atoms with E-state index in [1.165, 1.54) is 12.1 Å². The molecule has 0 aromatic heterocycles. The van der Waals surface area contributed by atoms with Gasteiger partial charge in [-0.2, -0.15) is 0 Å². The van der Waals surface area contributed by atoms with Gasteiger partial charge in [-0.3, -0.25) is 4.79 Å². The molecule has 0 spiro atoms. The number of nitrogens with two attached hydrogens (primary N) is 1. The van der Waals surface area contributed by atoms with Crippen molar-refractivity contribution in [3.8, 4) is 0 Å². The Morgan fingerprint density at radius 2 is 1.86 bits per heavy atom. The molecule has 1 amide bonds. The van der Waals surface area contributed by atoms with Crippen molar-refractivity contribution in [2.24, 2.45) is 5.73 Å². The van der Waals surface area contributed by atoms with E-state index in [9.17, 15) is 9.18 Å². The van der Waals surface area contributed by atoms with Crippen molar-refractivity contribution in [3.63, 3.8) is 0 Å². The molecular weight excluding hydrogens is 181 g/mol. The van der Waals surface area contributed by atoms with Crippen molar-refractivity contribution in [2.45, 2.75) is 24.7 Å². The van der Waals surface area contributed by atoms with Crippen LogP contribution in [0.4, 0.5) is 4.39 Å². The molecule has 2 N–H and O–H groups in total. The zero-order valence-electron chi connectivity index (χ0n) is 7.79. The molecule has 2 nitrogen and oxygen atoms in total. The fourth-order valence-corrected chi connectivity index (χ4v) is 1.98. The van der Waals surface area contributed by atoms with Crippen LogP contribution in [0.1, 0.15) is 24.8 Å². The maximum atomic E-state index is 12.7. The number of carbonyl (C=O) groups excluding carboxylic acids is 1. The van der Waals surface area contributed by atoms with Gasteiger partial charge in [0.15, 0.2) is 0 Å². The van der Waals surface area contributed by atoms with Gasteiger partial charge < -0.3 is 5.73 Å².